The summed E-state index contributed by atoms with van der Waals surface area (Å²) in [5.41, 5.74) is -4.30. The number of allylic oxidation sites excluding steroid dienone is 1. The van der Waals surface area contributed by atoms with Gasteiger partial charge in [0.1, 0.15) is 29.1 Å². The number of halogens is 4. The van der Waals surface area contributed by atoms with Crippen LogP contribution in [0.5, 0.6) is 11.6 Å². The highest BCUT2D eigenvalue weighted by molar-refractivity contribution is 7.91. The van der Waals surface area contributed by atoms with E-state index in [1.165, 1.54) is 32.4 Å². The maximum Gasteiger partial charge on any atom is 0.403 e. The number of rotatable bonds is 9. The molecule has 7 atom stereocenters. The van der Waals surface area contributed by atoms with Gasteiger partial charge in [0.2, 0.25) is 33.6 Å². The van der Waals surface area contributed by atoms with Crippen LogP contribution in [-0.4, -0.2) is 90.2 Å². The van der Waals surface area contributed by atoms with Gasteiger partial charge in [-0.15, -0.1) is 0 Å². The lowest BCUT2D eigenvalue weighted by Crippen LogP contribution is -2.60. The van der Waals surface area contributed by atoms with Gasteiger partial charge in [0.05, 0.1) is 18.4 Å². The molecule has 0 radical (unpaired) electrons. The van der Waals surface area contributed by atoms with Crippen LogP contribution in [0.2, 0.25) is 0 Å². The van der Waals surface area contributed by atoms with Crippen molar-refractivity contribution in [1.29, 1.82) is 0 Å². The van der Waals surface area contributed by atoms with Crippen LogP contribution in [0.4, 0.5) is 17.6 Å². The zero-order valence-electron chi connectivity index (χ0n) is 32.8. The van der Waals surface area contributed by atoms with Crippen molar-refractivity contribution in [3.05, 3.63) is 42.4 Å². The van der Waals surface area contributed by atoms with Gasteiger partial charge in [-0.1, -0.05) is 32.4 Å². The van der Waals surface area contributed by atoms with Crippen molar-refractivity contribution in [3.63, 3.8) is 0 Å². The van der Waals surface area contributed by atoms with Crippen LogP contribution in [0.25, 0.3) is 10.8 Å². The van der Waals surface area contributed by atoms with Gasteiger partial charge < -0.3 is 25.0 Å². The average molecular weight is 836 g/mol. The van der Waals surface area contributed by atoms with E-state index in [1.54, 1.807) is 19.1 Å². The van der Waals surface area contributed by atoms with Crippen LogP contribution in [-0.2, 0) is 29.2 Å². The number of sulfonamides is 1. The number of carbonyl (C=O) groups excluding carboxylic acids is 4. The third kappa shape index (κ3) is 7.60. The van der Waals surface area contributed by atoms with Crippen molar-refractivity contribution < 1.29 is 54.6 Å². The predicted molar refractivity (Wildman–Crippen MR) is 202 cm³/mol. The number of hydrogen-bond donors (Lipinski definition) is 3. The quantitative estimate of drug-likeness (QED) is 0.236. The molecule has 1 aromatic carbocycles. The highest BCUT2D eigenvalue weighted by Crippen LogP contribution is 2.58. The highest BCUT2D eigenvalue weighted by Gasteiger charge is 2.69. The lowest BCUT2D eigenvalue weighted by Gasteiger charge is -2.35. The first-order chi connectivity index (χ1) is 27.3. The first-order valence-corrected chi connectivity index (χ1v) is 21.3. The van der Waals surface area contributed by atoms with Crippen molar-refractivity contribution in [3.8, 4) is 11.6 Å². The number of methoxy groups -OCH3 is 1. The van der Waals surface area contributed by atoms with E-state index in [0.29, 0.717) is 43.9 Å². The van der Waals surface area contributed by atoms with Gasteiger partial charge >= 0.3 is 6.18 Å². The number of pyridine rings is 1. The van der Waals surface area contributed by atoms with Gasteiger partial charge in [0, 0.05) is 23.9 Å². The minimum Gasteiger partial charge on any atom is -0.494 e. The molecule has 3 heterocycles. The summed E-state index contributed by atoms with van der Waals surface area (Å²) in [5, 5.41) is 6.03. The Balaban J connectivity index is 1.25. The fourth-order valence-electron chi connectivity index (χ4n) is 8.41. The van der Waals surface area contributed by atoms with E-state index < -0.39 is 104 Å². The maximum atomic E-state index is 14.9. The molecule has 0 unspecified atom stereocenters. The Hall–Kier alpha value is -4.48. The zero-order valence-corrected chi connectivity index (χ0v) is 33.6. The van der Waals surface area contributed by atoms with Gasteiger partial charge in [-0.2, -0.15) is 13.2 Å². The fraction of sp³-hybridized carbons (Fsp3) is 0.625. The second-order valence-electron chi connectivity index (χ2n) is 17.0. The molecule has 2 aliphatic heterocycles. The lowest BCUT2D eigenvalue weighted by molar-refractivity contribution is -0.193. The minimum absolute atomic E-state index is 0.0182. The van der Waals surface area contributed by atoms with E-state index in [1.807, 2.05) is 13.0 Å². The SMILES string of the molecule is CC[C@@H]1C[C@H](C)CC/C=C\[C@@H]2C[C@@]2(C(=O)NS(=O)(=O)C2(C)CC2)NC(=O)[C@@H]2C[C@@H](Oc3nccc4cc(OC)c(F)cc34)CN2C(=O)[C@H]1NC(=O)C1(C(F)(F)F)CC1. The number of carbonyl (C=O) groups is 4. The fourth-order valence-corrected chi connectivity index (χ4v) is 9.73. The Morgan fingerprint density at radius 2 is 1.83 bits per heavy atom. The number of nitrogens with one attached hydrogen (secondary N) is 3. The standard InChI is InChI=1S/C40H49F4N5O8S/c1-5-23-16-22(2)8-6-7-9-25-20-39(25,36(53)48-58(54,55)37(3)11-12-37)47-32(50)29-18-26(57-33-27-19-28(41)30(56-4)17-24(27)10-15-45-33)21-49(29)34(51)31(23)46-35(52)38(13-14-38)40(42,43)44/h7,9-10,15,17,19,22-23,25-26,29,31H,5-6,8,11-14,16,18,20-21H2,1-4H3,(H,46,52)(H,47,50)(H,48,53)/b9-7-/t22-,23-,25-,26-,29+,31+,39-/m1/s1. The van der Waals surface area contributed by atoms with Gasteiger partial charge in [-0.05, 0) is 93.7 Å². The third-order valence-electron chi connectivity index (χ3n) is 12.9. The van der Waals surface area contributed by atoms with E-state index in [4.69, 9.17) is 9.47 Å². The Morgan fingerprint density at radius 3 is 2.47 bits per heavy atom. The molecule has 1 aromatic heterocycles. The zero-order chi connectivity index (χ0) is 42.0. The highest BCUT2D eigenvalue weighted by atomic mass is 32.2. The van der Waals surface area contributed by atoms with Crippen LogP contribution in [0.1, 0.15) is 85.0 Å². The van der Waals surface area contributed by atoms with Crippen LogP contribution in [0.3, 0.4) is 0 Å². The second-order valence-corrected chi connectivity index (χ2v) is 19.2. The second kappa shape index (κ2) is 15.0. The molecule has 1 saturated heterocycles. The Morgan fingerprint density at radius 1 is 1.10 bits per heavy atom. The van der Waals surface area contributed by atoms with Gasteiger partial charge in [0.15, 0.2) is 11.6 Å². The molecule has 3 N–H and O–H groups in total. The summed E-state index contributed by atoms with van der Waals surface area (Å²) in [7, 11) is -2.78. The molecule has 13 nitrogen and oxygen atoms in total. The number of fused-ring (bicyclic) bond motifs is 3. The van der Waals surface area contributed by atoms with Crippen LogP contribution >= 0.6 is 0 Å². The minimum atomic E-state index is -4.84. The number of amides is 4. The molecule has 2 aromatic rings. The number of benzene rings is 1. The van der Waals surface area contributed by atoms with Crippen LogP contribution in [0, 0.1) is 29.0 Å². The van der Waals surface area contributed by atoms with Crippen molar-refractivity contribution >= 4 is 44.4 Å². The lowest BCUT2D eigenvalue weighted by atomic mass is 9.84. The Labute approximate surface area is 334 Å². The molecule has 4 fully saturated rings. The Kier molecular flexibility index (Phi) is 10.8. The number of alkyl halides is 3. The third-order valence-corrected chi connectivity index (χ3v) is 15.1. The smallest absolute Gasteiger partial charge is 0.403 e. The van der Waals surface area contributed by atoms with Crippen LogP contribution < -0.4 is 24.8 Å². The molecule has 18 heteroatoms. The summed E-state index contributed by atoms with van der Waals surface area (Å²) in [4.78, 5) is 62.3. The van der Waals surface area contributed by atoms with Crippen molar-refractivity contribution in [1.82, 2.24) is 25.2 Å². The maximum absolute atomic E-state index is 14.9. The van der Waals surface area contributed by atoms with Gasteiger partial charge in [0.25, 0.3) is 5.91 Å². The molecule has 3 saturated carbocycles. The summed E-state index contributed by atoms with van der Waals surface area (Å²) in [6, 6.07) is 1.41. The molecule has 7 rings (SSSR count). The molecule has 4 amide bonds. The molecule has 0 spiro atoms. The van der Waals surface area contributed by atoms with E-state index in [9.17, 15) is 45.2 Å². The first kappa shape index (κ1) is 41.7. The van der Waals surface area contributed by atoms with E-state index in [-0.39, 0.29) is 42.3 Å². The van der Waals surface area contributed by atoms with Crippen molar-refractivity contribution in [2.45, 2.75) is 120 Å². The van der Waals surface area contributed by atoms with E-state index in [0.717, 1.165) is 4.90 Å². The number of ether oxygens (including phenoxy) is 2. The molecular weight excluding hydrogens is 787 g/mol. The largest absolute Gasteiger partial charge is 0.494 e. The molecule has 0 bridgehead atoms. The van der Waals surface area contributed by atoms with Crippen LogP contribution in [0.15, 0.2) is 36.5 Å². The molecule has 58 heavy (non-hydrogen) atoms. The summed E-state index contributed by atoms with van der Waals surface area (Å²) in [6.07, 6.45) is 0.827. The summed E-state index contributed by atoms with van der Waals surface area (Å²) in [6.45, 7) is 4.96. The topological polar surface area (TPSA) is 173 Å². The number of aromatic nitrogens is 1. The van der Waals surface area contributed by atoms with E-state index in [2.05, 4.69) is 20.3 Å². The normalized spacial score (nSPS) is 31.1. The Bertz CT molecular complexity index is 2140. The summed E-state index contributed by atoms with van der Waals surface area (Å²) in [5.74, 6) is -5.83. The summed E-state index contributed by atoms with van der Waals surface area (Å²) < 4.78 is 96.3. The van der Waals surface area contributed by atoms with Crippen molar-refractivity contribution in [2.75, 3.05) is 13.7 Å². The average Bonchev–Trinajstić information content (AvgIpc) is 4.11. The monoisotopic (exact) mass is 835 g/mol. The number of hydrogen-bond acceptors (Lipinski definition) is 9. The number of nitrogens with zero attached hydrogens (tertiary/aromatic N) is 2. The molecule has 316 valence electrons. The molecule has 5 aliphatic rings. The van der Waals surface area contributed by atoms with Gasteiger partial charge in [-0.3, -0.25) is 23.9 Å². The predicted octanol–water partition coefficient (Wildman–Crippen LogP) is 4.83. The first-order valence-electron chi connectivity index (χ1n) is 19.8. The molecular formula is C40H49F4N5O8S. The van der Waals surface area contributed by atoms with Crippen molar-refractivity contribution in [2.24, 2.45) is 23.2 Å². The van der Waals surface area contributed by atoms with Gasteiger partial charge in [-0.25, -0.2) is 17.8 Å². The summed E-state index contributed by atoms with van der Waals surface area (Å²) >= 11 is 0. The molecule has 3 aliphatic carbocycles. The van der Waals surface area contributed by atoms with E-state index >= 15 is 0 Å².